The fourth-order valence-electron chi connectivity index (χ4n) is 2.51. The SMILES string of the molecule is CN(CCOc1ccc(Cl)cc1)C(=O)c1ccccc1NC(=O)c1cccs1. The summed E-state index contributed by atoms with van der Waals surface area (Å²) in [6.07, 6.45) is 0. The zero-order chi connectivity index (χ0) is 19.9. The number of hydrogen-bond donors (Lipinski definition) is 1. The minimum atomic E-state index is -0.232. The quantitative estimate of drug-likeness (QED) is 0.603. The van der Waals surface area contributed by atoms with Crippen LogP contribution >= 0.6 is 22.9 Å². The summed E-state index contributed by atoms with van der Waals surface area (Å²) in [5.41, 5.74) is 0.915. The van der Waals surface area contributed by atoms with Crippen molar-refractivity contribution >= 4 is 40.4 Å². The molecule has 3 aromatic rings. The number of nitrogens with one attached hydrogen (secondary N) is 1. The number of rotatable bonds is 7. The van der Waals surface area contributed by atoms with Crippen molar-refractivity contribution in [3.8, 4) is 5.75 Å². The molecule has 2 aromatic carbocycles. The topological polar surface area (TPSA) is 58.6 Å². The van der Waals surface area contributed by atoms with Crippen LogP contribution in [-0.4, -0.2) is 36.9 Å². The van der Waals surface area contributed by atoms with Gasteiger partial charge in [0.05, 0.1) is 22.7 Å². The minimum absolute atomic E-state index is 0.193. The zero-order valence-electron chi connectivity index (χ0n) is 15.2. The van der Waals surface area contributed by atoms with Crippen molar-refractivity contribution in [2.75, 3.05) is 25.5 Å². The van der Waals surface area contributed by atoms with Crippen molar-refractivity contribution in [3.63, 3.8) is 0 Å². The van der Waals surface area contributed by atoms with Crippen molar-refractivity contribution in [1.82, 2.24) is 4.90 Å². The standard InChI is InChI=1S/C21H19ClN2O3S/c1-24(12-13-27-16-10-8-15(22)9-11-16)21(26)17-5-2-3-6-18(17)23-20(25)19-7-4-14-28-19/h2-11,14H,12-13H2,1H3,(H,23,25). The lowest BCUT2D eigenvalue weighted by molar-refractivity contribution is 0.0775. The van der Waals surface area contributed by atoms with Crippen LogP contribution in [0, 0.1) is 0 Å². The summed E-state index contributed by atoms with van der Waals surface area (Å²) in [5.74, 6) is 0.264. The Kier molecular flexibility index (Phi) is 6.68. The number of para-hydroxylation sites is 1. The van der Waals surface area contributed by atoms with Gasteiger partial charge >= 0.3 is 0 Å². The van der Waals surface area contributed by atoms with Crippen molar-refractivity contribution in [2.24, 2.45) is 0 Å². The maximum absolute atomic E-state index is 12.8. The van der Waals surface area contributed by atoms with Gasteiger partial charge in [0, 0.05) is 12.1 Å². The highest BCUT2D eigenvalue weighted by atomic mass is 35.5. The van der Waals surface area contributed by atoms with Crippen LogP contribution in [0.5, 0.6) is 5.75 Å². The van der Waals surface area contributed by atoms with Gasteiger partial charge in [0.25, 0.3) is 11.8 Å². The average Bonchev–Trinajstić information content (AvgIpc) is 3.24. The van der Waals surface area contributed by atoms with Gasteiger partial charge in [-0.15, -0.1) is 11.3 Å². The van der Waals surface area contributed by atoms with Gasteiger partial charge in [-0.2, -0.15) is 0 Å². The molecule has 28 heavy (non-hydrogen) atoms. The van der Waals surface area contributed by atoms with E-state index in [0.29, 0.717) is 40.1 Å². The molecule has 0 saturated carbocycles. The summed E-state index contributed by atoms with van der Waals surface area (Å²) in [5, 5.41) is 5.29. The molecule has 0 unspecified atom stereocenters. The molecule has 0 spiro atoms. The van der Waals surface area contributed by atoms with Crippen molar-refractivity contribution in [2.45, 2.75) is 0 Å². The molecule has 3 rings (SSSR count). The number of ether oxygens (including phenoxy) is 1. The first-order valence-corrected chi connectivity index (χ1v) is 9.88. The number of benzene rings is 2. The lowest BCUT2D eigenvalue weighted by Gasteiger charge is -2.19. The third-order valence-corrected chi connectivity index (χ3v) is 5.13. The molecule has 0 aliphatic carbocycles. The second-order valence-electron chi connectivity index (χ2n) is 6.01. The monoisotopic (exact) mass is 414 g/mol. The van der Waals surface area contributed by atoms with E-state index in [9.17, 15) is 9.59 Å². The Morgan fingerprint density at radius 3 is 2.54 bits per heavy atom. The van der Waals surface area contributed by atoms with Crippen molar-refractivity contribution < 1.29 is 14.3 Å². The fraction of sp³-hybridized carbons (Fsp3) is 0.143. The highest BCUT2D eigenvalue weighted by Gasteiger charge is 2.17. The van der Waals surface area contributed by atoms with Crippen molar-refractivity contribution in [1.29, 1.82) is 0 Å². The first-order valence-electron chi connectivity index (χ1n) is 8.62. The molecule has 0 radical (unpaired) electrons. The van der Waals surface area contributed by atoms with Crippen LogP contribution in [0.1, 0.15) is 20.0 Å². The maximum atomic E-state index is 12.8. The molecular weight excluding hydrogens is 396 g/mol. The van der Waals surface area contributed by atoms with E-state index in [1.54, 1.807) is 66.5 Å². The first-order chi connectivity index (χ1) is 13.5. The van der Waals surface area contributed by atoms with E-state index in [4.69, 9.17) is 16.3 Å². The van der Waals surface area contributed by atoms with E-state index in [-0.39, 0.29) is 11.8 Å². The summed E-state index contributed by atoms with van der Waals surface area (Å²) >= 11 is 7.20. The number of thiophene rings is 1. The molecular formula is C21H19ClN2O3S. The summed E-state index contributed by atoms with van der Waals surface area (Å²) in [6.45, 7) is 0.738. The smallest absolute Gasteiger partial charge is 0.265 e. The van der Waals surface area contributed by atoms with Crippen LogP contribution in [0.25, 0.3) is 0 Å². The minimum Gasteiger partial charge on any atom is -0.492 e. The van der Waals surface area contributed by atoms with Gasteiger partial charge in [0.15, 0.2) is 0 Å². The number of anilines is 1. The number of halogens is 1. The van der Waals surface area contributed by atoms with Crippen molar-refractivity contribution in [3.05, 3.63) is 81.5 Å². The summed E-state index contributed by atoms with van der Waals surface area (Å²) in [6, 6.07) is 17.6. The van der Waals surface area contributed by atoms with Crippen LogP contribution < -0.4 is 10.1 Å². The molecule has 0 aliphatic rings. The molecule has 1 aromatic heterocycles. The third kappa shape index (κ3) is 5.12. The number of carbonyl (C=O) groups is 2. The molecule has 5 nitrogen and oxygen atoms in total. The van der Waals surface area contributed by atoms with Crippen LogP contribution in [0.15, 0.2) is 66.0 Å². The number of hydrogen-bond acceptors (Lipinski definition) is 4. The predicted octanol–water partition coefficient (Wildman–Crippen LogP) is 4.80. The van der Waals surface area contributed by atoms with Gasteiger partial charge in [-0.3, -0.25) is 9.59 Å². The third-order valence-electron chi connectivity index (χ3n) is 4.01. The normalized spacial score (nSPS) is 10.4. The van der Waals surface area contributed by atoms with Crippen LogP contribution in [0.2, 0.25) is 5.02 Å². The molecule has 0 aliphatic heterocycles. The van der Waals surface area contributed by atoms with Gasteiger partial charge in [-0.25, -0.2) is 0 Å². The molecule has 2 amide bonds. The lowest BCUT2D eigenvalue weighted by atomic mass is 10.1. The molecule has 144 valence electrons. The Morgan fingerprint density at radius 1 is 1.07 bits per heavy atom. The number of nitrogens with zero attached hydrogens (tertiary/aromatic N) is 1. The second kappa shape index (κ2) is 9.39. The number of amides is 2. The fourth-order valence-corrected chi connectivity index (χ4v) is 3.25. The Morgan fingerprint density at radius 2 is 1.82 bits per heavy atom. The van der Waals surface area contributed by atoms with E-state index in [2.05, 4.69) is 5.32 Å². The largest absolute Gasteiger partial charge is 0.492 e. The highest BCUT2D eigenvalue weighted by molar-refractivity contribution is 7.12. The lowest BCUT2D eigenvalue weighted by Crippen LogP contribution is -2.31. The predicted molar refractivity (Wildman–Crippen MR) is 113 cm³/mol. The van der Waals surface area contributed by atoms with E-state index in [1.165, 1.54) is 11.3 Å². The Bertz CT molecular complexity index is 943. The van der Waals surface area contributed by atoms with Gasteiger partial charge in [0.1, 0.15) is 12.4 Å². The Labute approximate surface area is 172 Å². The molecule has 1 heterocycles. The van der Waals surface area contributed by atoms with Crippen LogP contribution in [0.3, 0.4) is 0 Å². The summed E-state index contributed by atoms with van der Waals surface area (Å²) < 4.78 is 5.64. The molecule has 0 bridgehead atoms. The van der Waals surface area contributed by atoms with Crippen LogP contribution in [0.4, 0.5) is 5.69 Å². The summed E-state index contributed by atoms with van der Waals surface area (Å²) in [7, 11) is 1.70. The average molecular weight is 415 g/mol. The number of carbonyl (C=O) groups excluding carboxylic acids is 2. The maximum Gasteiger partial charge on any atom is 0.265 e. The highest BCUT2D eigenvalue weighted by Crippen LogP contribution is 2.20. The van der Waals surface area contributed by atoms with Gasteiger partial charge in [-0.05, 0) is 47.8 Å². The van der Waals surface area contributed by atoms with E-state index in [0.717, 1.165) is 0 Å². The molecule has 7 heteroatoms. The first kappa shape index (κ1) is 19.9. The van der Waals surface area contributed by atoms with Gasteiger partial charge in [0.2, 0.25) is 0 Å². The number of likely N-dealkylation sites (N-methyl/N-ethyl adjacent to an activating group) is 1. The summed E-state index contributed by atoms with van der Waals surface area (Å²) in [4.78, 5) is 27.3. The van der Waals surface area contributed by atoms with Gasteiger partial charge in [-0.1, -0.05) is 29.8 Å². The van der Waals surface area contributed by atoms with Crippen LogP contribution in [-0.2, 0) is 0 Å². The Balaban J connectivity index is 1.61. The van der Waals surface area contributed by atoms with Gasteiger partial charge < -0.3 is 15.0 Å². The Hall–Kier alpha value is -2.83. The molecule has 0 fully saturated rings. The molecule has 0 atom stereocenters. The van der Waals surface area contributed by atoms with E-state index < -0.39 is 0 Å². The molecule has 1 N–H and O–H groups in total. The van der Waals surface area contributed by atoms with E-state index in [1.807, 2.05) is 11.4 Å². The van der Waals surface area contributed by atoms with E-state index >= 15 is 0 Å². The second-order valence-corrected chi connectivity index (χ2v) is 7.39. The molecule has 0 saturated heterocycles. The zero-order valence-corrected chi connectivity index (χ0v) is 16.8.